The van der Waals surface area contributed by atoms with Crippen molar-refractivity contribution in [2.24, 2.45) is 0 Å². The molecule has 0 spiro atoms. The van der Waals surface area contributed by atoms with Gasteiger partial charge in [0.05, 0.1) is 12.1 Å². The molecule has 0 saturated carbocycles. The van der Waals surface area contributed by atoms with Crippen molar-refractivity contribution in [3.63, 3.8) is 0 Å². The zero-order valence-corrected chi connectivity index (χ0v) is 11.9. The molecule has 0 aliphatic rings. The molecule has 0 fully saturated rings. The van der Waals surface area contributed by atoms with Gasteiger partial charge in [-0.2, -0.15) is 0 Å². The van der Waals surface area contributed by atoms with Crippen molar-refractivity contribution < 1.29 is 4.42 Å². The number of oxazole rings is 1. The van der Waals surface area contributed by atoms with E-state index in [2.05, 4.69) is 30.1 Å². The number of halogens is 1. The Morgan fingerprint density at radius 3 is 2.45 bits per heavy atom. The largest absolute Gasteiger partial charge is 0.439 e. The van der Waals surface area contributed by atoms with Gasteiger partial charge in [0.1, 0.15) is 0 Å². The molecule has 2 nitrogen and oxygen atoms in total. The summed E-state index contributed by atoms with van der Waals surface area (Å²) in [4.78, 5) is 4.16. The van der Waals surface area contributed by atoms with E-state index < -0.39 is 0 Å². The highest BCUT2D eigenvalue weighted by molar-refractivity contribution is 6.16. The third-order valence-electron chi connectivity index (χ3n) is 3.35. The van der Waals surface area contributed by atoms with E-state index in [4.69, 9.17) is 16.0 Å². The predicted octanol–water partition coefficient (Wildman–Crippen LogP) is 5.06. The standard InChI is InChI=1S/C17H14ClNO/c1-12-14(13-6-3-2-4-7-13)8-5-9-15(12)16-11-19-17(10-18)20-16/h2-9,11H,10H2,1H3. The van der Waals surface area contributed by atoms with E-state index in [1.165, 1.54) is 16.7 Å². The number of nitrogens with zero attached hydrogens (tertiary/aromatic N) is 1. The van der Waals surface area contributed by atoms with E-state index in [1.807, 2.05) is 30.3 Å². The van der Waals surface area contributed by atoms with Crippen LogP contribution in [-0.4, -0.2) is 4.98 Å². The van der Waals surface area contributed by atoms with Crippen LogP contribution < -0.4 is 0 Å². The molecule has 1 aromatic heterocycles. The summed E-state index contributed by atoms with van der Waals surface area (Å²) in [6.45, 7) is 2.10. The first-order valence-electron chi connectivity index (χ1n) is 6.45. The smallest absolute Gasteiger partial charge is 0.209 e. The van der Waals surface area contributed by atoms with Crippen LogP contribution in [0.4, 0.5) is 0 Å². The molecule has 0 amide bonds. The molecule has 0 unspecified atom stereocenters. The molecular formula is C17H14ClNO. The second-order valence-corrected chi connectivity index (χ2v) is 4.86. The van der Waals surface area contributed by atoms with Gasteiger partial charge in [-0.05, 0) is 23.6 Å². The van der Waals surface area contributed by atoms with Gasteiger partial charge >= 0.3 is 0 Å². The van der Waals surface area contributed by atoms with Crippen molar-refractivity contribution in [2.75, 3.05) is 0 Å². The van der Waals surface area contributed by atoms with Gasteiger partial charge < -0.3 is 4.42 Å². The van der Waals surface area contributed by atoms with Crippen LogP contribution >= 0.6 is 11.6 Å². The molecule has 1 heterocycles. The molecule has 3 heteroatoms. The fraction of sp³-hybridized carbons (Fsp3) is 0.118. The maximum atomic E-state index is 5.74. The zero-order valence-electron chi connectivity index (χ0n) is 11.1. The van der Waals surface area contributed by atoms with E-state index in [-0.39, 0.29) is 5.88 Å². The lowest BCUT2D eigenvalue weighted by atomic mass is 9.96. The van der Waals surface area contributed by atoms with E-state index in [1.54, 1.807) is 6.20 Å². The van der Waals surface area contributed by atoms with Crippen molar-refractivity contribution in [1.29, 1.82) is 0 Å². The van der Waals surface area contributed by atoms with Gasteiger partial charge in [-0.3, -0.25) is 0 Å². The molecule has 0 atom stereocenters. The van der Waals surface area contributed by atoms with Gasteiger partial charge in [-0.15, -0.1) is 11.6 Å². The van der Waals surface area contributed by atoms with Crippen molar-refractivity contribution in [3.8, 4) is 22.5 Å². The molecular weight excluding hydrogens is 270 g/mol. The molecule has 0 N–H and O–H groups in total. The summed E-state index contributed by atoms with van der Waals surface area (Å²) in [6.07, 6.45) is 1.73. The first-order chi connectivity index (χ1) is 9.79. The minimum absolute atomic E-state index is 0.289. The quantitative estimate of drug-likeness (QED) is 0.628. The Morgan fingerprint density at radius 1 is 1.00 bits per heavy atom. The third-order valence-corrected chi connectivity index (χ3v) is 3.58. The fourth-order valence-corrected chi connectivity index (χ4v) is 2.45. The molecule has 2 aromatic carbocycles. The maximum Gasteiger partial charge on any atom is 0.209 e. The second-order valence-electron chi connectivity index (χ2n) is 4.60. The van der Waals surface area contributed by atoms with Crippen LogP contribution in [0.3, 0.4) is 0 Å². The number of benzene rings is 2. The highest BCUT2D eigenvalue weighted by Crippen LogP contribution is 2.32. The summed E-state index contributed by atoms with van der Waals surface area (Å²) in [5.41, 5.74) is 4.63. The molecule has 100 valence electrons. The van der Waals surface area contributed by atoms with Gasteiger partial charge in [-0.25, -0.2) is 4.98 Å². The summed E-state index contributed by atoms with van der Waals surface area (Å²) in [5, 5.41) is 0. The van der Waals surface area contributed by atoms with Crippen LogP contribution in [0.5, 0.6) is 0 Å². The Balaban J connectivity index is 2.10. The molecule has 0 bridgehead atoms. The Morgan fingerprint density at radius 2 is 1.75 bits per heavy atom. The average molecular weight is 284 g/mol. The van der Waals surface area contributed by atoms with Crippen molar-refractivity contribution in [1.82, 2.24) is 4.98 Å². The normalized spacial score (nSPS) is 10.7. The SMILES string of the molecule is Cc1c(-c2ccccc2)cccc1-c1cnc(CCl)o1. The zero-order chi connectivity index (χ0) is 13.9. The van der Waals surface area contributed by atoms with E-state index >= 15 is 0 Å². The number of aromatic nitrogens is 1. The molecule has 3 rings (SSSR count). The molecule has 3 aromatic rings. The fourth-order valence-electron chi connectivity index (χ4n) is 2.33. The van der Waals surface area contributed by atoms with Crippen molar-refractivity contribution >= 4 is 11.6 Å². The molecule has 0 saturated heterocycles. The van der Waals surface area contributed by atoms with Crippen LogP contribution in [0.25, 0.3) is 22.5 Å². The summed E-state index contributed by atoms with van der Waals surface area (Å²) in [6, 6.07) is 16.5. The molecule has 0 aliphatic heterocycles. The topological polar surface area (TPSA) is 26.0 Å². The first-order valence-corrected chi connectivity index (χ1v) is 6.99. The monoisotopic (exact) mass is 283 g/mol. The summed E-state index contributed by atoms with van der Waals surface area (Å²) in [7, 11) is 0. The number of alkyl halides is 1. The summed E-state index contributed by atoms with van der Waals surface area (Å²) >= 11 is 5.74. The van der Waals surface area contributed by atoms with Gasteiger partial charge in [0.15, 0.2) is 5.76 Å². The number of hydrogen-bond acceptors (Lipinski definition) is 2. The lowest BCUT2D eigenvalue weighted by Gasteiger charge is -2.09. The maximum absolute atomic E-state index is 5.74. The molecule has 0 radical (unpaired) electrons. The van der Waals surface area contributed by atoms with Crippen molar-refractivity contribution in [2.45, 2.75) is 12.8 Å². The first kappa shape index (κ1) is 12.9. The van der Waals surface area contributed by atoms with Gasteiger partial charge in [0, 0.05) is 5.56 Å². The minimum atomic E-state index is 0.289. The van der Waals surface area contributed by atoms with Crippen LogP contribution in [0.1, 0.15) is 11.5 Å². The van der Waals surface area contributed by atoms with Gasteiger partial charge in [0.25, 0.3) is 0 Å². The van der Waals surface area contributed by atoms with Gasteiger partial charge in [0.2, 0.25) is 5.89 Å². The highest BCUT2D eigenvalue weighted by atomic mass is 35.5. The summed E-state index contributed by atoms with van der Waals surface area (Å²) < 4.78 is 5.65. The average Bonchev–Trinajstić information content (AvgIpc) is 2.97. The lowest BCUT2D eigenvalue weighted by molar-refractivity contribution is 0.528. The Hall–Kier alpha value is -2.06. The second kappa shape index (κ2) is 5.51. The predicted molar refractivity (Wildman–Crippen MR) is 81.7 cm³/mol. The Bertz CT molecular complexity index is 719. The van der Waals surface area contributed by atoms with Gasteiger partial charge in [-0.1, -0.05) is 48.5 Å². The van der Waals surface area contributed by atoms with Crippen LogP contribution in [0, 0.1) is 6.92 Å². The third kappa shape index (κ3) is 2.35. The Labute approximate surface area is 123 Å². The molecule has 20 heavy (non-hydrogen) atoms. The van der Waals surface area contributed by atoms with E-state index in [0.29, 0.717) is 5.89 Å². The van der Waals surface area contributed by atoms with Crippen LogP contribution in [0.15, 0.2) is 59.1 Å². The summed E-state index contributed by atoms with van der Waals surface area (Å²) in [5.74, 6) is 1.60. The van der Waals surface area contributed by atoms with E-state index in [9.17, 15) is 0 Å². The van der Waals surface area contributed by atoms with E-state index in [0.717, 1.165) is 11.3 Å². The Kier molecular flexibility index (Phi) is 3.57. The van der Waals surface area contributed by atoms with Crippen LogP contribution in [0.2, 0.25) is 0 Å². The minimum Gasteiger partial charge on any atom is -0.439 e. The number of rotatable bonds is 3. The lowest BCUT2D eigenvalue weighted by Crippen LogP contribution is -1.87. The van der Waals surface area contributed by atoms with Crippen molar-refractivity contribution in [3.05, 3.63) is 66.2 Å². The van der Waals surface area contributed by atoms with Crippen LogP contribution in [-0.2, 0) is 5.88 Å². The number of hydrogen-bond donors (Lipinski definition) is 0. The highest BCUT2D eigenvalue weighted by Gasteiger charge is 2.11. The molecule has 0 aliphatic carbocycles.